The Labute approximate surface area is 266 Å². The summed E-state index contributed by atoms with van der Waals surface area (Å²) in [4.78, 5) is 59.5. The molecule has 0 unspecified atom stereocenters. The number of carbonyl (C=O) groups excluding carboxylic acids is 4. The molecule has 0 N–H and O–H groups in total. The van der Waals surface area contributed by atoms with Gasteiger partial charge in [0.05, 0.1) is 28.4 Å². The van der Waals surface area contributed by atoms with E-state index in [2.05, 4.69) is 0 Å². The van der Waals surface area contributed by atoms with Crippen molar-refractivity contribution in [3.63, 3.8) is 0 Å². The maximum absolute atomic E-state index is 15.9. The third kappa shape index (κ3) is 3.45. The molecule has 2 bridgehead atoms. The highest BCUT2D eigenvalue weighted by molar-refractivity contribution is 6.39. The number of allylic oxidation sites excluding steroid dienone is 2. The first kappa shape index (κ1) is 27.8. The topological polar surface area (TPSA) is 71.5 Å². The van der Waals surface area contributed by atoms with E-state index in [1.807, 2.05) is 121 Å². The van der Waals surface area contributed by atoms with E-state index in [1.165, 1.54) is 11.8 Å². The largest absolute Gasteiger partial charge is 0.297 e. The molecule has 8 rings (SSSR count). The van der Waals surface area contributed by atoms with Gasteiger partial charge in [0.1, 0.15) is 0 Å². The fourth-order valence-corrected chi connectivity index (χ4v) is 8.45. The molecule has 2 aliphatic carbocycles. The van der Waals surface area contributed by atoms with Crippen LogP contribution in [0.15, 0.2) is 146 Å². The minimum Gasteiger partial charge on any atom is -0.297 e. The van der Waals surface area contributed by atoms with Crippen molar-refractivity contribution in [2.75, 3.05) is 4.90 Å². The van der Waals surface area contributed by atoms with Crippen LogP contribution >= 0.6 is 0 Å². The van der Waals surface area contributed by atoms with Crippen LogP contribution in [0.1, 0.15) is 39.5 Å². The summed E-state index contributed by atoms with van der Waals surface area (Å²) in [6, 6.07) is 45.1. The number of benzene rings is 5. The van der Waals surface area contributed by atoms with E-state index in [4.69, 9.17) is 0 Å². The molecule has 1 heterocycles. The second-order valence-electron chi connectivity index (χ2n) is 12.2. The number of nitrogens with zero attached hydrogens (tertiary/aromatic N) is 1. The van der Waals surface area contributed by atoms with Gasteiger partial charge in [-0.25, -0.2) is 4.90 Å². The van der Waals surface area contributed by atoms with Gasteiger partial charge >= 0.3 is 0 Å². The van der Waals surface area contributed by atoms with Gasteiger partial charge in [-0.2, -0.15) is 0 Å². The Balaban J connectivity index is 1.53. The van der Waals surface area contributed by atoms with Crippen LogP contribution in [0.5, 0.6) is 0 Å². The van der Waals surface area contributed by atoms with Gasteiger partial charge in [0, 0.05) is 5.56 Å². The van der Waals surface area contributed by atoms with Crippen LogP contribution in [0, 0.1) is 11.8 Å². The van der Waals surface area contributed by atoms with Crippen LogP contribution in [-0.4, -0.2) is 23.4 Å². The Morgan fingerprint density at radius 1 is 0.543 bits per heavy atom. The van der Waals surface area contributed by atoms with Crippen molar-refractivity contribution in [1.29, 1.82) is 0 Å². The van der Waals surface area contributed by atoms with Crippen LogP contribution < -0.4 is 4.90 Å². The minimum absolute atomic E-state index is 0.163. The van der Waals surface area contributed by atoms with E-state index in [0.29, 0.717) is 22.4 Å². The normalized spacial score (nSPS) is 24.9. The van der Waals surface area contributed by atoms with Gasteiger partial charge in [0.2, 0.25) is 11.8 Å². The first-order chi connectivity index (χ1) is 22.4. The molecule has 4 atom stereocenters. The predicted molar refractivity (Wildman–Crippen MR) is 177 cm³/mol. The van der Waals surface area contributed by atoms with Crippen LogP contribution in [-0.2, 0) is 25.2 Å². The smallest absolute Gasteiger partial charge is 0.239 e. The van der Waals surface area contributed by atoms with Crippen molar-refractivity contribution in [1.82, 2.24) is 0 Å². The van der Waals surface area contributed by atoms with Gasteiger partial charge in [-0.15, -0.1) is 0 Å². The monoisotopic (exact) mass is 599 g/mol. The van der Waals surface area contributed by atoms with Gasteiger partial charge in [-0.3, -0.25) is 19.2 Å². The summed E-state index contributed by atoms with van der Waals surface area (Å²) < 4.78 is 0. The number of carbonyl (C=O) groups is 4. The molecule has 1 saturated carbocycles. The van der Waals surface area contributed by atoms with Crippen molar-refractivity contribution in [3.8, 4) is 0 Å². The van der Waals surface area contributed by atoms with Crippen LogP contribution in [0.4, 0.5) is 5.69 Å². The highest BCUT2D eigenvalue weighted by Crippen LogP contribution is 2.74. The van der Waals surface area contributed by atoms with E-state index < -0.39 is 34.5 Å². The number of hydrogen-bond donors (Lipinski definition) is 0. The molecule has 1 saturated heterocycles. The average Bonchev–Trinajstić information content (AvgIpc) is 3.62. The molecule has 1 aliphatic heterocycles. The van der Waals surface area contributed by atoms with Crippen LogP contribution in [0.25, 0.3) is 11.1 Å². The Kier molecular flexibility index (Phi) is 6.16. The molecule has 0 aromatic heterocycles. The Bertz CT molecular complexity index is 1970. The molecular formula is C41H29NO4. The molecule has 46 heavy (non-hydrogen) atoms. The van der Waals surface area contributed by atoms with Crippen molar-refractivity contribution in [3.05, 3.63) is 173 Å². The number of fused-ring (bicyclic) bond motifs is 5. The lowest BCUT2D eigenvalue weighted by Crippen LogP contribution is -2.45. The maximum Gasteiger partial charge on any atom is 0.239 e. The van der Waals surface area contributed by atoms with E-state index in [0.717, 1.165) is 22.3 Å². The lowest BCUT2D eigenvalue weighted by molar-refractivity contribution is -0.130. The fourth-order valence-electron chi connectivity index (χ4n) is 8.45. The molecule has 5 heteroatoms. The molecule has 0 radical (unpaired) electrons. The van der Waals surface area contributed by atoms with E-state index in [-0.39, 0.29) is 11.6 Å². The molecule has 2 amide bonds. The summed E-state index contributed by atoms with van der Waals surface area (Å²) in [6.07, 6.45) is 0. The molecule has 0 spiro atoms. The fraction of sp³-hybridized carbons (Fsp3) is 0.122. The lowest BCUT2D eigenvalue weighted by atomic mass is 9.59. The molecule has 222 valence electrons. The summed E-state index contributed by atoms with van der Waals surface area (Å²) in [6.45, 7) is 1.46. The quantitative estimate of drug-likeness (QED) is 0.155. The summed E-state index contributed by atoms with van der Waals surface area (Å²) in [7, 11) is 0. The second kappa shape index (κ2) is 10.2. The number of anilines is 1. The zero-order valence-electron chi connectivity index (χ0n) is 25.1. The molecule has 5 aromatic carbocycles. The number of Topliss-reactive ketones (excluding diaryl/α,β-unsaturated/α-hetero) is 2. The number of hydrogen-bond acceptors (Lipinski definition) is 4. The van der Waals surface area contributed by atoms with E-state index in [9.17, 15) is 4.79 Å². The molecule has 5 aromatic rings. The van der Waals surface area contributed by atoms with Crippen molar-refractivity contribution in [2.45, 2.75) is 17.8 Å². The lowest BCUT2D eigenvalue weighted by Gasteiger charge is -2.39. The van der Waals surface area contributed by atoms with Crippen molar-refractivity contribution in [2.24, 2.45) is 11.8 Å². The van der Waals surface area contributed by atoms with Crippen LogP contribution in [0.2, 0.25) is 0 Å². The van der Waals surface area contributed by atoms with E-state index in [1.54, 1.807) is 24.3 Å². The Hall–Kier alpha value is -5.68. The zero-order valence-corrected chi connectivity index (χ0v) is 25.1. The third-order valence-corrected chi connectivity index (χ3v) is 10.1. The summed E-state index contributed by atoms with van der Waals surface area (Å²) >= 11 is 0. The van der Waals surface area contributed by atoms with Gasteiger partial charge in [-0.1, -0.05) is 133 Å². The van der Waals surface area contributed by atoms with Crippen molar-refractivity contribution >= 4 is 40.2 Å². The maximum atomic E-state index is 15.9. The summed E-state index contributed by atoms with van der Waals surface area (Å²) in [5.74, 6) is -3.24. The summed E-state index contributed by atoms with van der Waals surface area (Å²) in [5.41, 5.74) is 2.32. The first-order valence-electron chi connectivity index (χ1n) is 15.4. The molecule has 5 nitrogen and oxygen atoms in total. The molecule has 2 fully saturated rings. The molecular weight excluding hydrogens is 570 g/mol. The van der Waals surface area contributed by atoms with Gasteiger partial charge in [0.25, 0.3) is 0 Å². The molecule has 3 aliphatic rings. The Morgan fingerprint density at radius 3 is 1.37 bits per heavy atom. The zero-order chi connectivity index (χ0) is 31.6. The van der Waals surface area contributed by atoms with Crippen molar-refractivity contribution < 1.29 is 19.2 Å². The number of rotatable bonds is 6. The highest BCUT2D eigenvalue weighted by Gasteiger charge is 2.82. The minimum atomic E-state index is -1.46. The Morgan fingerprint density at radius 2 is 0.957 bits per heavy atom. The standard InChI is InChI=1S/C41H29NO4/c1-26(43)29-19-14-24-32(25-29)42-37(44)35-36(38(42)45)41(31-22-12-5-13-23-31)34(28-17-8-3-9-18-28)33(27-15-6-2-7-16-27)40(35,39(41)46)30-20-10-4-11-21-30/h2-25,35-36H,1H3/t35-,36+,40-,41-/m0/s1. The highest BCUT2D eigenvalue weighted by atomic mass is 16.2. The van der Waals surface area contributed by atoms with Gasteiger partial charge in [-0.05, 0) is 52.5 Å². The van der Waals surface area contributed by atoms with E-state index >= 15 is 14.4 Å². The number of ketones is 2. The second-order valence-corrected chi connectivity index (χ2v) is 12.2. The average molecular weight is 600 g/mol. The SMILES string of the molecule is CC(=O)c1cccc(N2C(=O)[C@@H]3[C@H](C2=O)[C@@]2(c4ccccc4)C(=O)[C@@]3(c3ccccc3)C(c3ccccc3)=C2c2ccccc2)c1. The predicted octanol–water partition coefficient (Wildman–Crippen LogP) is 7.08. The number of imide groups is 1. The third-order valence-electron chi connectivity index (χ3n) is 10.1. The van der Waals surface area contributed by atoms with Crippen LogP contribution in [0.3, 0.4) is 0 Å². The summed E-state index contributed by atoms with van der Waals surface area (Å²) in [5, 5.41) is 0. The van der Waals surface area contributed by atoms with Gasteiger partial charge < -0.3 is 0 Å². The first-order valence-corrected chi connectivity index (χ1v) is 15.4. The number of amides is 2. The van der Waals surface area contributed by atoms with Gasteiger partial charge in [0.15, 0.2) is 11.6 Å².